The van der Waals surface area contributed by atoms with Crippen molar-refractivity contribution in [2.24, 2.45) is 0 Å². The average Bonchev–Trinajstić information content (AvgIpc) is 3.04. The predicted molar refractivity (Wildman–Crippen MR) is 81.0 cm³/mol. The zero-order chi connectivity index (χ0) is 14.4. The molecule has 0 amide bonds. The highest BCUT2D eigenvalue weighted by atomic mass is 35.5. The molecule has 4 aromatic rings. The van der Waals surface area contributed by atoms with Crippen LogP contribution in [0.25, 0.3) is 26.7 Å². The number of hydrogen-bond donors (Lipinski definition) is 0. The summed E-state index contributed by atoms with van der Waals surface area (Å²) in [7, 11) is 1.60. The fraction of sp³-hybridized carbons (Fsp3) is 0.0769. The first-order chi connectivity index (χ1) is 10.2. The summed E-state index contributed by atoms with van der Waals surface area (Å²) in [5.41, 5.74) is 2.42. The van der Waals surface area contributed by atoms with Crippen LogP contribution in [-0.2, 0) is 0 Å². The second kappa shape index (κ2) is 4.64. The molecule has 4 aromatic heterocycles. The zero-order valence-corrected chi connectivity index (χ0v) is 12.4. The average molecular weight is 318 g/mol. The molecule has 6 nitrogen and oxygen atoms in total. The van der Waals surface area contributed by atoms with Crippen molar-refractivity contribution in [2.75, 3.05) is 7.11 Å². The van der Waals surface area contributed by atoms with E-state index in [1.165, 1.54) is 17.5 Å². The van der Waals surface area contributed by atoms with Crippen molar-refractivity contribution < 1.29 is 4.74 Å². The van der Waals surface area contributed by atoms with E-state index in [1.807, 2.05) is 22.7 Å². The van der Waals surface area contributed by atoms with E-state index in [0.717, 1.165) is 21.0 Å². The van der Waals surface area contributed by atoms with Gasteiger partial charge in [0.1, 0.15) is 21.4 Å². The van der Waals surface area contributed by atoms with Crippen molar-refractivity contribution in [3.05, 3.63) is 35.9 Å². The van der Waals surface area contributed by atoms with Gasteiger partial charge in [-0.15, -0.1) is 0 Å². The van der Waals surface area contributed by atoms with E-state index in [-0.39, 0.29) is 0 Å². The Kier molecular flexibility index (Phi) is 2.76. The Hall–Kier alpha value is -2.25. The summed E-state index contributed by atoms with van der Waals surface area (Å²) in [6.07, 6.45) is 5.04. The van der Waals surface area contributed by atoms with Gasteiger partial charge in [-0.2, -0.15) is 0 Å². The summed E-state index contributed by atoms with van der Waals surface area (Å²) in [5.74, 6) is 0.593. The molecule has 0 bridgehead atoms. The lowest BCUT2D eigenvalue weighted by atomic mass is 10.3. The van der Waals surface area contributed by atoms with Crippen LogP contribution in [0.1, 0.15) is 0 Å². The lowest BCUT2D eigenvalue weighted by molar-refractivity contribution is 0.400. The summed E-state index contributed by atoms with van der Waals surface area (Å²) in [6.45, 7) is 0. The van der Waals surface area contributed by atoms with Crippen molar-refractivity contribution in [1.29, 1.82) is 0 Å². The molecule has 104 valence electrons. The monoisotopic (exact) mass is 317 g/mol. The number of nitrogens with zero attached hydrogens (tertiary/aromatic N) is 5. The fourth-order valence-electron chi connectivity index (χ4n) is 2.05. The third-order valence-corrected chi connectivity index (χ3v) is 4.19. The van der Waals surface area contributed by atoms with Gasteiger partial charge in [-0.1, -0.05) is 22.9 Å². The number of imidazole rings is 1. The van der Waals surface area contributed by atoms with Crippen LogP contribution in [0.15, 0.2) is 30.7 Å². The Balaban J connectivity index is 1.88. The molecule has 0 aromatic carbocycles. The van der Waals surface area contributed by atoms with Gasteiger partial charge in [0.05, 0.1) is 25.0 Å². The molecule has 0 aliphatic rings. The molecular weight excluding hydrogens is 310 g/mol. The first-order valence-electron chi connectivity index (χ1n) is 6.05. The van der Waals surface area contributed by atoms with Gasteiger partial charge < -0.3 is 4.74 Å². The van der Waals surface area contributed by atoms with E-state index in [4.69, 9.17) is 16.3 Å². The van der Waals surface area contributed by atoms with Crippen molar-refractivity contribution in [3.8, 4) is 17.3 Å². The first kappa shape index (κ1) is 12.5. The highest BCUT2D eigenvalue weighted by molar-refractivity contribution is 7.23. The molecule has 0 saturated heterocycles. The van der Waals surface area contributed by atoms with Crippen LogP contribution in [0.4, 0.5) is 0 Å². The molecular formula is C13H8ClN5OS. The van der Waals surface area contributed by atoms with Crippen LogP contribution in [0, 0.1) is 0 Å². The van der Waals surface area contributed by atoms with Gasteiger partial charge in [0, 0.05) is 12.3 Å². The van der Waals surface area contributed by atoms with Crippen molar-refractivity contribution in [2.45, 2.75) is 0 Å². The number of fused-ring (bicyclic) bond motifs is 3. The van der Waals surface area contributed by atoms with Gasteiger partial charge in [0.25, 0.3) is 0 Å². The number of hydrogen-bond acceptors (Lipinski definition) is 6. The zero-order valence-electron chi connectivity index (χ0n) is 10.8. The minimum atomic E-state index is 0.363. The maximum absolute atomic E-state index is 5.75. The smallest absolute Gasteiger partial charge is 0.214 e. The van der Waals surface area contributed by atoms with E-state index in [0.29, 0.717) is 16.7 Å². The Morgan fingerprint density at radius 1 is 1.14 bits per heavy atom. The lowest BCUT2D eigenvalue weighted by Crippen LogP contribution is -1.87. The van der Waals surface area contributed by atoms with Crippen molar-refractivity contribution in [1.82, 2.24) is 24.3 Å². The Labute approximate surface area is 128 Å². The second-order valence-electron chi connectivity index (χ2n) is 4.28. The lowest BCUT2D eigenvalue weighted by Gasteiger charge is -1.97. The molecule has 0 N–H and O–H groups in total. The molecule has 4 rings (SSSR count). The number of halogens is 1. The second-order valence-corrected chi connectivity index (χ2v) is 5.63. The van der Waals surface area contributed by atoms with Gasteiger partial charge >= 0.3 is 0 Å². The number of thiazole rings is 1. The molecule has 21 heavy (non-hydrogen) atoms. The minimum absolute atomic E-state index is 0.363. The molecule has 0 unspecified atom stereocenters. The molecule has 4 heterocycles. The number of methoxy groups -OCH3 is 1. The quantitative estimate of drug-likeness (QED) is 0.568. The maximum atomic E-state index is 5.75. The Morgan fingerprint density at radius 2 is 2.05 bits per heavy atom. The maximum Gasteiger partial charge on any atom is 0.214 e. The summed E-state index contributed by atoms with van der Waals surface area (Å²) >= 11 is 7.24. The third kappa shape index (κ3) is 2.01. The summed E-state index contributed by atoms with van der Waals surface area (Å²) in [4.78, 5) is 18.9. The highest BCUT2D eigenvalue weighted by Crippen LogP contribution is 2.28. The predicted octanol–water partition coefficient (Wildman–Crippen LogP) is 3.06. The number of pyridine rings is 1. The molecule has 0 aliphatic carbocycles. The fourth-order valence-corrected chi connectivity index (χ4v) is 3.12. The number of ether oxygens (including phenoxy) is 1. The Morgan fingerprint density at radius 3 is 2.81 bits per heavy atom. The number of aromatic nitrogens is 5. The molecule has 0 atom stereocenters. The normalized spacial score (nSPS) is 11.3. The summed E-state index contributed by atoms with van der Waals surface area (Å²) in [6, 6.07) is 3.79. The summed E-state index contributed by atoms with van der Waals surface area (Å²) < 4.78 is 7.12. The third-order valence-electron chi connectivity index (χ3n) is 3.03. The minimum Gasteiger partial charge on any atom is -0.481 e. The molecule has 8 heteroatoms. The van der Waals surface area contributed by atoms with E-state index in [1.54, 1.807) is 13.3 Å². The van der Waals surface area contributed by atoms with Gasteiger partial charge in [-0.05, 0) is 6.07 Å². The molecule has 0 aliphatic heterocycles. The van der Waals surface area contributed by atoms with Gasteiger partial charge in [0.2, 0.25) is 5.88 Å². The SMILES string of the molecule is COc1ccc2c(n1)sc1nc(-c3cnc(Cl)cn3)cn12. The van der Waals surface area contributed by atoms with Crippen LogP contribution >= 0.6 is 22.9 Å². The molecule has 0 fully saturated rings. The van der Waals surface area contributed by atoms with Gasteiger partial charge in [-0.3, -0.25) is 4.40 Å². The van der Waals surface area contributed by atoms with E-state index in [9.17, 15) is 0 Å². The van der Waals surface area contributed by atoms with Crippen LogP contribution < -0.4 is 4.74 Å². The number of rotatable bonds is 2. The van der Waals surface area contributed by atoms with Crippen molar-refractivity contribution >= 4 is 38.2 Å². The standard InChI is InChI=1S/C13H8ClN5OS/c1-20-11-3-2-9-12(18-11)21-13-17-8(6-19(9)13)7-4-16-10(14)5-15-7/h2-6H,1H3. The van der Waals surface area contributed by atoms with Gasteiger partial charge in [-0.25, -0.2) is 19.9 Å². The molecule has 0 saturated carbocycles. The van der Waals surface area contributed by atoms with Crippen LogP contribution in [-0.4, -0.2) is 31.4 Å². The molecule has 0 radical (unpaired) electrons. The highest BCUT2D eigenvalue weighted by Gasteiger charge is 2.12. The molecule has 0 spiro atoms. The van der Waals surface area contributed by atoms with Crippen molar-refractivity contribution in [3.63, 3.8) is 0 Å². The largest absolute Gasteiger partial charge is 0.481 e. The first-order valence-corrected chi connectivity index (χ1v) is 7.24. The van der Waals surface area contributed by atoms with Crippen LogP contribution in [0.2, 0.25) is 5.15 Å². The van der Waals surface area contributed by atoms with Crippen LogP contribution in [0.5, 0.6) is 5.88 Å². The van der Waals surface area contributed by atoms with E-state index < -0.39 is 0 Å². The van der Waals surface area contributed by atoms with E-state index in [2.05, 4.69) is 19.9 Å². The topological polar surface area (TPSA) is 65.2 Å². The summed E-state index contributed by atoms with van der Waals surface area (Å²) in [5, 5.41) is 0.363. The van der Waals surface area contributed by atoms with Crippen LogP contribution in [0.3, 0.4) is 0 Å². The van der Waals surface area contributed by atoms with E-state index >= 15 is 0 Å². The Bertz CT molecular complexity index is 946. The van der Waals surface area contributed by atoms with Gasteiger partial charge in [0.15, 0.2) is 4.96 Å².